The molecule has 0 saturated carbocycles. The molecule has 1 amide bonds. The molecule has 152 valence electrons. The van der Waals surface area contributed by atoms with Gasteiger partial charge in [-0.2, -0.15) is 0 Å². The summed E-state index contributed by atoms with van der Waals surface area (Å²) in [6.07, 6.45) is 0. The van der Waals surface area contributed by atoms with Crippen LogP contribution in [0.3, 0.4) is 0 Å². The second kappa shape index (κ2) is 10.2. The Morgan fingerprint density at radius 1 is 1.14 bits per heavy atom. The highest BCUT2D eigenvalue weighted by atomic mass is 35.5. The first-order chi connectivity index (χ1) is 14.1. The van der Waals surface area contributed by atoms with Crippen molar-refractivity contribution in [1.29, 1.82) is 0 Å². The van der Waals surface area contributed by atoms with Crippen LogP contribution < -0.4 is 15.4 Å². The molecule has 0 aliphatic rings. The number of nitrogens with one attached hydrogen (secondary N) is 2. The van der Waals surface area contributed by atoms with E-state index in [1.807, 2.05) is 47.9 Å². The second-order valence-electron chi connectivity index (χ2n) is 6.01. The first-order valence-corrected chi connectivity index (χ1v) is 10.4. The molecule has 0 aliphatic heterocycles. The minimum absolute atomic E-state index is 0.138. The number of benzene rings is 2. The molecule has 0 fully saturated rings. The largest absolute Gasteiger partial charge is 0.495 e. The van der Waals surface area contributed by atoms with E-state index in [-0.39, 0.29) is 11.7 Å². The van der Waals surface area contributed by atoms with Gasteiger partial charge in [-0.3, -0.25) is 4.79 Å². The number of ether oxygens (including phenoxy) is 1. The molecule has 0 bridgehead atoms. The maximum Gasteiger partial charge on any atom is 0.234 e. The number of hydrogen-bond donors (Lipinski definition) is 2. The lowest BCUT2D eigenvalue weighted by Gasteiger charge is -2.11. The molecule has 0 radical (unpaired) electrons. The van der Waals surface area contributed by atoms with Gasteiger partial charge in [-0.25, -0.2) is 0 Å². The number of halogens is 1. The van der Waals surface area contributed by atoms with Crippen molar-refractivity contribution in [1.82, 2.24) is 14.8 Å². The van der Waals surface area contributed by atoms with Crippen LogP contribution in [0, 0.1) is 0 Å². The van der Waals surface area contributed by atoms with Crippen LogP contribution in [0.5, 0.6) is 5.75 Å². The third-order valence-electron chi connectivity index (χ3n) is 4.13. The zero-order valence-electron chi connectivity index (χ0n) is 16.2. The Labute approximate surface area is 178 Å². The van der Waals surface area contributed by atoms with Gasteiger partial charge >= 0.3 is 0 Å². The first kappa shape index (κ1) is 21.0. The van der Waals surface area contributed by atoms with Crippen LogP contribution in [0.15, 0.2) is 53.7 Å². The molecule has 1 aromatic heterocycles. The topological polar surface area (TPSA) is 81.1 Å². The molecule has 7 nitrogen and oxygen atoms in total. The fraction of sp³-hybridized carbons (Fsp3) is 0.250. The molecule has 0 atom stereocenters. The molecule has 29 heavy (non-hydrogen) atoms. The number of hydrogen-bond acceptors (Lipinski definition) is 6. The van der Waals surface area contributed by atoms with Gasteiger partial charge in [-0.15, -0.1) is 10.2 Å². The molecule has 3 rings (SSSR count). The van der Waals surface area contributed by atoms with Gasteiger partial charge in [-0.05, 0) is 31.2 Å². The van der Waals surface area contributed by atoms with E-state index in [1.54, 1.807) is 19.2 Å². The minimum atomic E-state index is -0.138. The monoisotopic (exact) mass is 431 g/mol. The Hall–Kier alpha value is -2.71. The Bertz CT molecular complexity index is 979. The average molecular weight is 432 g/mol. The molecular weight excluding hydrogens is 410 g/mol. The summed E-state index contributed by atoms with van der Waals surface area (Å²) in [7, 11) is 1.57. The van der Waals surface area contributed by atoms with Crippen LogP contribution >= 0.6 is 23.4 Å². The van der Waals surface area contributed by atoms with E-state index in [2.05, 4.69) is 20.8 Å². The lowest BCUT2D eigenvalue weighted by atomic mass is 10.3. The molecule has 2 aromatic carbocycles. The summed E-state index contributed by atoms with van der Waals surface area (Å²) >= 11 is 7.52. The molecule has 0 aliphatic carbocycles. The Kier molecular flexibility index (Phi) is 7.37. The highest BCUT2D eigenvalue weighted by Gasteiger charge is 2.14. The first-order valence-electron chi connectivity index (χ1n) is 9.08. The van der Waals surface area contributed by atoms with Gasteiger partial charge in [0.25, 0.3) is 0 Å². The van der Waals surface area contributed by atoms with Gasteiger partial charge in [0.2, 0.25) is 5.91 Å². The quantitative estimate of drug-likeness (QED) is 0.491. The smallest absolute Gasteiger partial charge is 0.234 e. The number of para-hydroxylation sites is 3. The fourth-order valence-electron chi connectivity index (χ4n) is 2.72. The predicted molar refractivity (Wildman–Crippen MR) is 117 cm³/mol. The van der Waals surface area contributed by atoms with E-state index in [1.165, 1.54) is 11.8 Å². The number of carbonyl (C=O) groups excluding carboxylic acids is 1. The number of nitrogens with zero attached hydrogens (tertiary/aromatic N) is 3. The van der Waals surface area contributed by atoms with Crippen molar-refractivity contribution >= 4 is 40.6 Å². The van der Waals surface area contributed by atoms with Crippen molar-refractivity contribution < 1.29 is 9.53 Å². The average Bonchev–Trinajstić information content (AvgIpc) is 3.14. The minimum Gasteiger partial charge on any atom is -0.495 e. The van der Waals surface area contributed by atoms with Crippen LogP contribution in [-0.2, 0) is 17.9 Å². The van der Waals surface area contributed by atoms with Gasteiger partial charge in [0.1, 0.15) is 5.75 Å². The standard InChI is InChI=1S/C20H22ClN5O2S/c1-3-26-18(12-22-15-9-5-4-8-14(15)21)24-25-20(26)29-13-19(27)23-16-10-6-7-11-17(16)28-2/h4-11,22H,3,12-13H2,1-2H3,(H,23,27). The SMILES string of the molecule is CCn1c(CNc2ccccc2Cl)nnc1SCC(=O)Nc1ccccc1OC. The van der Waals surface area contributed by atoms with Crippen LogP contribution in [0.4, 0.5) is 11.4 Å². The fourth-order valence-corrected chi connectivity index (χ4v) is 3.74. The molecule has 9 heteroatoms. The zero-order valence-corrected chi connectivity index (χ0v) is 17.8. The number of methoxy groups -OCH3 is 1. The van der Waals surface area contributed by atoms with Crippen LogP contribution in [0.2, 0.25) is 5.02 Å². The third-order valence-corrected chi connectivity index (χ3v) is 5.43. The maximum atomic E-state index is 12.3. The van der Waals surface area contributed by atoms with E-state index in [4.69, 9.17) is 16.3 Å². The molecule has 1 heterocycles. The number of anilines is 2. The number of carbonyl (C=O) groups is 1. The van der Waals surface area contributed by atoms with E-state index < -0.39 is 0 Å². The highest BCUT2D eigenvalue weighted by Crippen LogP contribution is 2.25. The molecular formula is C20H22ClN5O2S. The summed E-state index contributed by atoms with van der Waals surface area (Å²) in [4.78, 5) is 12.3. The summed E-state index contributed by atoms with van der Waals surface area (Å²) in [5.41, 5.74) is 1.48. The van der Waals surface area contributed by atoms with Crippen molar-refractivity contribution in [2.24, 2.45) is 0 Å². The van der Waals surface area contributed by atoms with Crippen LogP contribution in [0.1, 0.15) is 12.7 Å². The predicted octanol–water partition coefficient (Wildman–Crippen LogP) is 4.30. The van der Waals surface area contributed by atoms with Crippen molar-refractivity contribution in [3.63, 3.8) is 0 Å². The Balaban J connectivity index is 1.60. The van der Waals surface area contributed by atoms with Crippen molar-refractivity contribution in [2.45, 2.75) is 25.2 Å². The molecule has 0 saturated heterocycles. The molecule has 0 spiro atoms. The van der Waals surface area contributed by atoms with E-state index >= 15 is 0 Å². The van der Waals surface area contributed by atoms with Gasteiger partial charge in [0, 0.05) is 6.54 Å². The summed E-state index contributed by atoms with van der Waals surface area (Å²) < 4.78 is 7.23. The number of rotatable bonds is 9. The van der Waals surface area contributed by atoms with Gasteiger partial charge in [0.15, 0.2) is 11.0 Å². The van der Waals surface area contributed by atoms with Gasteiger partial charge in [-0.1, -0.05) is 47.6 Å². The Morgan fingerprint density at radius 2 is 1.86 bits per heavy atom. The number of thioether (sulfide) groups is 1. The van der Waals surface area contributed by atoms with E-state index in [9.17, 15) is 4.79 Å². The maximum absolute atomic E-state index is 12.3. The van der Waals surface area contributed by atoms with Gasteiger partial charge in [0.05, 0.1) is 35.8 Å². The van der Waals surface area contributed by atoms with Crippen LogP contribution in [0.25, 0.3) is 0 Å². The molecule has 3 aromatic rings. The summed E-state index contributed by atoms with van der Waals surface area (Å²) in [6.45, 7) is 3.20. The zero-order chi connectivity index (χ0) is 20.6. The Morgan fingerprint density at radius 3 is 2.59 bits per heavy atom. The van der Waals surface area contributed by atoms with Gasteiger partial charge < -0.3 is 19.9 Å². The highest BCUT2D eigenvalue weighted by molar-refractivity contribution is 7.99. The van der Waals surface area contributed by atoms with Crippen LogP contribution in [-0.4, -0.2) is 33.5 Å². The summed E-state index contributed by atoms with van der Waals surface area (Å²) in [6, 6.07) is 14.8. The molecule has 0 unspecified atom stereocenters. The summed E-state index contributed by atoms with van der Waals surface area (Å²) in [5.74, 6) is 1.48. The summed E-state index contributed by atoms with van der Waals surface area (Å²) in [5, 5.41) is 16.0. The lowest BCUT2D eigenvalue weighted by Crippen LogP contribution is -2.15. The number of amides is 1. The van der Waals surface area contributed by atoms with E-state index in [0.717, 1.165) is 11.5 Å². The normalized spacial score (nSPS) is 10.6. The van der Waals surface area contributed by atoms with Crippen molar-refractivity contribution in [2.75, 3.05) is 23.5 Å². The number of aromatic nitrogens is 3. The lowest BCUT2D eigenvalue weighted by molar-refractivity contribution is -0.113. The van der Waals surface area contributed by atoms with Crippen molar-refractivity contribution in [3.8, 4) is 5.75 Å². The third kappa shape index (κ3) is 5.42. The molecule has 2 N–H and O–H groups in total. The van der Waals surface area contributed by atoms with Crippen molar-refractivity contribution in [3.05, 3.63) is 59.4 Å². The second-order valence-corrected chi connectivity index (χ2v) is 7.36. The van der Waals surface area contributed by atoms with E-state index in [0.29, 0.717) is 34.7 Å².